The third kappa shape index (κ3) is 4.66. The molecule has 9 heteroatoms. The van der Waals surface area contributed by atoms with Crippen molar-refractivity contribution in [3.05, 3.63) is 58.1 Å². The van der Waals surface area contributed by atoms with E-state index in [1.54, 1.807) is 18.2 Å². The number of hydrogen-bond acceptors (Lipinski definition) is 4. The first-order valence-corrected chi connectivity index (χ1v) is 10.8. The maximum atomic E-state index is 12.6. The Bertz CT molecular complexity index is 966. The van der Waals surface area contributed by atoms with E-state index in [2.05, 4.69) is 5.32 Å². The second kappa shape index (κ2) is 7.96. The number of hydrogen-bond donors (Lipinski definition) is 1. The summed E-state index contributed by atoms with van der Waals surface area (Å²) in [5, 5.41) is 3.73. The van der Waals surface area contributed by atoms with Gasteiger partial charge in [0, 0.05) is 29.6 Å². The zero-order valence-electron chi connectivity index (χ0n) is 14.5. The molecular formula is C18H18Cl2N2O4S. The maximum Gasteiger partial charge on any atom is 0.261 e. The fourth-order valence-electron chi connectivity index (χ4n) is 2.82. The van der Waals surface area contributed by atoms with Crippen molar-refractivity contribution in [2.75, 3.05) is 17.1 Å². The summed E-state index contributed by atoms with van der Waals surface area (Å²) >= 11 is 12.1. The minimum absolute atomic E-state index is 0.107. The highest BCUT2D eigenvalue weighted by atomic mass is 35.5. The molecule has 1 heterocycles. The summed E-state index contributed by atoms with van der Waals surface area (Å²) in [6.07, 6.45) is 0.475. The van der Waals surface area contributed by atoms with E-state index in [4.69, 9.17) is 27.9 Å². The van der Waals surface area contributed by atoms with Crippen LogP contribution >= 0.6 is 23.2 Å². The van der Waals surface area contributed by atoms with Crippen molar-refractivity contribution in [3.63, 3.8) is 0 Å². The van der Waals surface area contributed by atoms with Crippen LogP contribution in [0, 0.1) is 0 Å². The van der Waals surface area contributed by atoms with Gasteiger partial charge >= 0.3 is 0 Å². The Morgan fingerprint density at radius 2 is 2.00 bits per heavy atom. The standard InChI is InChI=1S/C18H18Cl2N2O4S/c1-27(24,25)22-9-8-17(26-16-7-6-13(19)10-15(16)22)18(23)21-11-12-4-2-3-5-14(12)20/h2-7,10,17H,8-9,11H2,1H3,(H,21,23)/t17-/m1/s1. The molecule has 2 aromatic rings. The molecule has 3 rings (SSSR count). The highest BCUT2D eigenvalue weighted by Crippen LogP contribution is 2.36. The molecule has 1 aliphatic rings. The van der Waals surface area contributed by atoms with Crippen molar-refractivity contribution in [2.24, 2.45) is 0 Å². The molecule has 0 aromatic heterocycles. The average Bonchev–Trinajstić information content (AvgIpc) is 2.80. The lowest BCUT2D eigenvalue weighted by atomic mass is 10.2. The van der Waals surface area contributed by atoms with E-state index in [1.165, 1.54) is 10.4 Å². The average molecular weight is 429 g/mol. The van der Waals surface area contributed by atoms with Crippen LogP contribution < -0.4 is 14.4 Å². The van der Waals surface area contributed by atoms with Crippen LogP contribution in [-0.4, -0.2) is 33.2 Å². The summed E-state index contributed by atoms with van der Waals surface area (Å²) in [5.74, 6) is -0.0496. The first-order chi connectivity index (χ1) is 12.8. The molecular weight excluding hydrogens is 411 g/mol. The fraction of sp³-hybridized carbons (Fsp3) is 0.278. The number of fused-ring (bicyclic) bond motifs is 1. The molecule has 1 N–H and O–H groups in total. The number of carbonyl (C=O) groups is 1. The van der Waals surface area contributed by atoms with Gasteiger partial charge in [-0.15, -0.1) is 0 Å². The Balaban J connectivity index is 1.79. The zero-order chi connectivity index (χ0) is 19.6. The van der Waals surface area contributed by atoms with E-state index in [9.17, 15) is 13.2 Å². The van der Waals surface area contributed by atoms with Gasteiger partial charge in [0.25, 0.3) is 5.91 Å². The normalized spacial score (nSPS) is 16.9. The number of halogens is 2. The monoisotopic (exact) mass is 428 g/mol. The molecule has 0 fully saturated rings. The van der Waals surface area contributed by atoms with E-state index < -0.39 is 16.1 Å². The number of carbonyl (C=O) groups excluding carboxylic acids is 1. The lowest BCUT2D eigenvalue weighted by molar-refractivity contribution is -0.128. The van der Waals surface area contributed by atoms with E-state index in [0.717, 1.165) is 11.8 Å². The molecule has 1 aliphatic heterocycles. The van der Waals surface area contributed by atoms with Crippen molar-refractivity contribution < 1.29 is 17.9 Å². The van der Waals surface area contributed by atoms with Gasteiger partial charge in [-0.3, -0.25) is 9.10 Å². The molecule has 1 amide bonds. The summed E-state index contributed by atoms with van der Waals surface area (Å²) < 4.78 is 31.3. The Morgan fingerprint density at radius 1 is 1.26 bits per heavy atom. The lowest BCUT2D eigenvalue weighted by Crippen LogP contribution is -2.39. The molecule has 0 unspecified atom stereocenters. The quantitative estimate of drug-likeness (QED) is 0.810. The number of sulfonamides is 1. The van der Waals surface area contributed by atoms with Gasteiger partial charge in [-0.05, 0) is 29.8 Å². The van der Waals surface area contributed by atoms with Gasteiger partial charge in [0.05, 0.1) is 11.9 Å². The molecule has 0 radical (unpaired) electrons. The topological polar surface area (TPSA) is 75.7 Å². The summed E-state index contributed by atoms with van der Waals surface area (Å²) in [6.45, 7) is 0.359. The summed E-state index contributed by atoms with van der Waals surface area (Å²) in [5.41, 5.74) is 1.11. The van der Waals surface area contributed by atoms with Crippen molar-refractivity contribution in [2.45, 2.75) is 19.1 Å². The molecule has 0 saturated heterocycles. The van der Waals surface area contributed by atoms with Gasteiger partial charge in [-0.2, -0.15) is 0 Å². The van der Waals surface area contributed by atoms with Gasteiger partial charge in [-0.25, -0.2) is 8.42 Å². The third-order valence-electron chi connectivity index (χ3n) is 4.16. The Kier molecular flexibility index (Phi) is 5.83. The second-order valence-electron chi connectivity index (χ2n) is 6.15. The number of anilines is 1. The van der Waals surface area contributed by atoms with Crippen LogP contribution in [0.25, 0.3) is 0 Å². The maximum absolute atomic E-state index is 12.6. The first-order valence-electron chi connectivity index (χ1n) is 8.21. The number of nitrogens with one attached hydrogen (secondary N) is 1. The SMILES string of the molecule is CS(=O)(=O)N1CC[C@H](C(=O)NCc2ccccc2Cl)Oc2ccc(Cl)cc21. The van der Waals surface area contributed by atoms with E-state index in [1.807, 2.05) is 18.2 Å². The number of nitrogens with zero attached hydrogens (tertiary/aromatic N) is 1. The molecule has 0 spiro atoms. The Hall–Kier alpha value is -1.96. The van der Waals surface area contributed by atoms with Crippen molar-refractivity contribution in [1.82, 2.24) is 5.32 Å². The van der Waals surface area contributed by atoms with Crippen LogP contribution in [-0.2, 0) is 21.4 Å². The fourth-order valence-corrected chi connectivity index (χ4v) is 4.13. The van der Waals surface area contributed by atoms with Gasteiger partial charge in [0.1, 0.15) is 5.75 Å². The summed E-state index contributed by atoms with van der Waals surface area (Å²) in [4.78, 5) is 12.6. The third-order valence-corrected chi connectivity index (χ3v) is 5.94. The summed E-state index contributed by atoms with van der Waals surface area (Å²) in [7, 11) is -3.54. The molecule has 2 aromatic carbocycles. The highest BCUT2D eigenvalue weighted by Gasteiger charge is 2.31. The highest BCUT2D eigenvalue weighted by molar-refractivity contribution is 7.92. The largest absolute Gasteiger partial charge is 0.478 e. The van der Waals surface area contributed by atoms with Crippen LogP contribution in [0.4, 0.5) is 5.69 Å². The Morgan fingerprint density at radius 3 is 2.70 bits per heavy atom. The summed E-state index contributed by atoms with van der Waals surface area (Å²) in [6, 6.07) is 11.9. The number of benzene rings is 2. The van der Waals surface area contributed by atoms with Crippen LogP contribution in [0.2, 0.25) is 10.0 Å². The van der Waals surface area contributed by atoms with E-state index >= 15 is 0 Å². The smallest absolute Gasteiger partial charge is 0.261 e. The van der Waals surface area contributed by atoms with Gasteiger partial charge < -0.3 is 10.1 Å². The van der Waals surface area contributed by atoms with Crippen molar-refractivity contribution >= 4 is 44.8 Å². The minimum Gasteiger partial charge on any atom is -0.478 e. The molecule has 0 aliphatic carbocycles. The lowest BCUT2D eigenvalue weighted by Gasteiger charge is -2.21. The number of rotatable bonds is 4. The first kappa shape index (κ1) is 19.8. The Labute approximate surface area is 168 Å². The predicted octanol–water partition coefficient (Wildman–Crippen LogP) is 3.23. The molecule has 0 bridgehead atoms. The van der Waals surface area contributed by atoms with E-state index in [-0.39, 0.29) is 25.4 Å². The predicted molar refractivity (Wildman–Crippen MR) is 106 cm³/mol. The number of ether oxygens (including phenoxy) is 1. The second-order valence-corrected chi connectivity index (χ2v) is 8.90. The van der Waals surface area contributed by atoms with E-state index in [0.29, 0.717) is 21.5 Å². The van der Waals surface area contributed by atoms with Crippen molar-refractivity contribution in [1.29, 1.82) is 0 Å². The molecule has 1 atom stereocenters. The van der Waals surface area contributed by atoms with Crippen LogP contribution in [0.1, 0.15) is 12.0 Å². The van der Waals surface area contributed by atoms with Crippen LogP contribution in [0.3, 0.4) is 0 Å². The number of amides is 1. The molecule has 0 saturated carbocycles. The van der Waals surface area contributed by atoms with Gasteiger partial charge in [0.15, 0.2) is 6.10 Å². The van der Waals surface area contributed by atoms with Gasteiger partial charge in [-0.1, -0.05) is 41.4 Å². The zero-order valence-corrected chi connectivity index (χ0v) is 16.8. The molecule has 144 valence electrons. The van der Waals surface area contributed by atoms with Gasteiger partial charge in [0.2, 0.25) is 10.0 Å². The molecule has 6 nitrogen and oxygen atoms in total. The minimum atomic E-state index is -3.54. The molecule has 27 heavy (non-hydrogen) atoms. The van der Waals surface area contributed by atoms with Crippen LogP contribution in [0.5, 0.6) is 5.75 Å². The van der Waals surface area contributed by atoms with Crippen LogP contribution in [0.15, 0.2) is 42.5 Å². The van der Waals surface area contributed by atoms with Crippen molar-refractivity contribution in [3.8, 4) is 5.75 Å².